The predicted octanol–water partition coefficient (Wildman–Crippen LogP) is 5.10. The molecule has 0 saturated carbocycles. The molecule has 0 aliphatic carbocycles. The van der Waals surface area contributed by atoms with Crippen LogP contribution in [0, 0.1) is 0 Å². The second kappa shape index (κ2) is 11.8. The summed E-state index contributed by atoms with van der Waals surface area (Å²) in [5, 5.41) is 8.52. The Morgan fingerprint density at radius 3 is 2.52 bits per heavy atom. The zero-order valence-electron chi connectivity index (χ0n) is 13.6. The Balaban J connectivity index is 1.82. The number of carboxylic acids is 1. The highest BCUT2D eigenvalue weighted by molar-refractivity contribution is 5.66. The summed E-state index contributed by atoms with van der Waals surface area (Å²) in [7, 11) is 0. The van der Waals surface area contributed by atoms with Crippen LogP contribution in [0.5, 0.6) is 0 Å². The highest BCUT2D eigenvalue weighted by Crippen LogP contribution is 2.30. The van der Waals surface area contributed by atoms with E-state index >= 15 is 0 Å². The van der Waals surface area contributed by atoms with Crippen LogP contribution in [0.1, 0.15) is 84.0 Å². The highest BCUT2D eigenvalue weighted by atomic mass is 16.6. The molecular weight excluding hydrogens is 264 g/mol. The topological polar surface area (TPSA) is 49.8 Å². The molecule has 1 rings (SSSR count). The smallest absolute Gasteiger partial charge is 0.303 e. The quantitative estimate of drug-likeness (QED) is 0.276. The molecule has 1 saturated heterocycles. The fourth-order valence-electron chi connectivity index (χ4n) is 2.65. The molecule has 0 unspecified atom stereocenters. The number of aliphatic carboxylic acids is 1. The van der Waals surface area contributed by atoms with Gasteiger partial charge in [0.2, 0.25) is 0 Å². The van der Waals surface area contributed by atoms with Crippen molar-refractivity contribution >= 4 is 5.97 Å². The Labute approximate surface area is 129 Å². The van der Waals surface area contributed by atoms with Gasteiger partial charge in [0, 0.05) is 6.42 Å². The van der Waals surface area contributed by atoms with Gasteiger partial charge < -0.3 is 9.84 Å². The first-order chi connectivity index (χ1) is 10.2. The lowest BCUT2D eigenvalue weighted by Crippen LogP contribution is -1.93. The summed E-state index contributed by atoms with van der Waals surface area (Å²) in [4.78, 5) is 10.3. The molecule has 1 aliphatic rings. The van der Waals surface area contributed by atoms with E-state index in [1.165, 1.54) is 38.5 Å². The molecule has 0 bridgehead atoms. The Bertz CT molecular complexity index is 299. The lowest BCUT2D eigenvalue weighted by molar-refractivity contribution is -0.137. The van der Waals surface area contributed by atoms with E-state index in [0.717, 1.165) is 32.1 Å². The number of epoxide rings is 1. The third-order valence-corrected chi connectivity index (χ3v) is 4.08. The van der Waals surface area contributed by atoms with Crippen LogP contribution in [-0.2, 0) is 9.53 Å². The van der Waals surface area contributed by atoms with Gasteiger partial charge in [-0.3, -0.25) is 4.79 Å². The van der Waals surface area contributed by atoms with Crippen LogP contribution in [0.15, 0.2) is 12.2 Å². The maximum atomic E-state index is 10.3. The van der Waals surface area contributed by atoms with Gasteiger partial charge in [0.05, 0.1) is 12.2 Å². The van der Waals surface area contributed by atoms with E-state index in [0.29, 0.717) is 18.6 Å². The first kappa shape index (κ1) is 18.2. The number of unbranched alkanes of at least 4 members (excludes halogenated alkanes) is 7. The molecule has 122 valence electrons. The number of carbonyl (C=O) groups is 1. The SMILES string of the molecule is CCCCCC[C@@H]1O[C@H]1C/C=C\CCCCCCC(=O)O. The van der Waals surface area contributed by atoms with Crippen molar-refractivity contribution in [3.8, 4) is 0 Å². The fraction of sp³-hybridized carbons (Fsp3) is 0.833. The lowest BCUT2D eigenvalue weighted by atomic mass is 10.1. The molecule has 0 aromatic heterocycles. The minimum Gasteiger partial charge on any atom is -0.481 e. The van der Waals surface area contributed by atoms with Crippen molar-refractivity contribution < 1.29 is 14.6 Å². The third kappa shape index (κ3) is 10.5. The van der Waals surface area contributed by atoms with E-state index in [9.17, 15) is 4.79 Å². The van der Waals surface area contributed by atoms with Crippen LogP contribution < -0.4 is 0 Å². The molecule has 3 nitrogen and oxygen atoms in total. The van der Waals surface area contributed by atoms with Crippen molar-refractivity contribution in [3.05, 3.63) is 12.2 Å². The summed E-state index contributed by atoms with van der Waals surface area (Å²) in [5.41, 5.74) is 0. The van der Waals surface area contributed by atoms with Crippen molar-refractivity contribution in [2.45, 2.75) is 96.2 Å². The minimum absolute atomic E-state index is 0.314. The van der Waals surface area contributed by atoms with Crippen molar-refractivity contribution in [2.24, 2.45) is 0 Å². The van der Waals surface area contributed by atoms with Gasteiger partial charge in [-0.1, -0.05) is 57.6 Å². The lowest BCUT2D eigenvalue weighted by Gasteiger charge is -1.97. The third-order valence-electron chi connectivity index (χ3n) is 4.08. The number of carboxylic acid groups (broad SMARTS) is 1. The number of allylic oxidation sites excluding steroid dienone is 1. The van der Waals surface area contributed by atoms with Gasteiger partial charge >= 0.3 is 5.97 Å². The summed E-state index contributed by atoms with van der Waals surface area (Å²) < 4.78 is 5.67. The molecule has 0 spiro atoms. The van der Waals surface area contributed by atoms with Crippen molar-refractivity contribution in [2.75, 3.05) is 0 Å². The van der Waals surface area contributed by atoms with Crippen LogP contribution >= 0.6 is 0 Å². The molecule has 1 N–H and O–H groups in total. The van der Waals surface area contributed by atoms with Gasteiger partial charge in [0.15, 0.2) is 0 Å². The molecule has 21 heavy (non-hydrogen) atoms. The van der Waals surface area contributed by atoms with Gasteiger partial charge in [-0.05, 0) is 32.1 Å². The van der Waals surface area contributed by atoms with E-state index in [4.69, 9.17) is 9.84 Å². The number of rotatable bonds is 14. The second-order valence-electron chi connectivity index (χ2n) is 6.12. The van der Waals surface area contributed by atoms with E-state index in [1.807, 2.05) is 0 Å². The average Bonchev–Trinajstić information content (AvgIpc) is 3.20. The van der Waals surface area contributed by atoms with Crippen molar-refractivity contribution in [3.63, 3.8) is 0 Å². The van der Waals surface area contributed by atoms with Crippen LogP contribution in [0.3, 0.4) is 0 Å². The number of ether oxygens (including phenoxy) is 1. The second-order valence-corrected chi connectivity index (χ2v) is 6.12. The Morgan fingerprint density at radius 2 is 1.76 bits per heavy atom. The fourth-order valence-corrected chi connectivity index (χ4v) is 2.65. The maximum absolute atomic E-state index is 10.3. The molecule has 0 aromatic rings. The first-order valence-corrected chi connectivity index (χ1v) is 8.76. The van der Waals surface area contributed by atoms with E-state index in [1.54, 1.807) is 0 Å². The van der Waals surface area contributed by atoms with Crippen LogP contribution in [0.2, 0.25) is 0 Å². The molecule has 0 amide bonds. The molecule has 1 heterocycles. The molecule has 3 heteroatoms. The number of hydrogen-bond acceptors (Lipinski definition) is 2. The minimum atomic E-state index is -0.677. The average molecular weight is 296 g/mol. The molecule has 0 radical (unpaired) electrons. The molecule has 1 aliphatic heterocycles. The largest absolute Gasteiger partial charge is 0.481 e. The van der Waals surface area contributed by atoms with Crippen molar-refractivity contribution in [1.82, 2.24) is 0 Å². The Morgan fingerprint density at radius 1 is 1.00 bits per heavy atom. The van der Waals surface area contributed by atoms with Gasteiger partial charge in [0.1, 0.15) is 0 Å². The van der Waals surface area contributed by atoms with E-state index in [-0.39, 0.29) is 0 Å². The first-order valence-electron chi connectivity index (χ1n) is 8.76. The molecular formula is C18H32O3. The van der Waals surface area contributed by atoms with Crippen LogP contribution in [-0.4, -0.2) is 23.3 Å². The zero-order chi connectivity index (χ0) is 15.3. The van der Waals surface area contributed by atoms with E-state index in [2.05, 4.69) is 19.1 Å². The van der Waals surface area contributed by atoms with Gasteiger partial charge in [-0.25, -0.2) is 0 Å². The van der Waals surface area contributed by atoms with Crippen LogP contribution in [0.4, 0.5) is 0 Å². The molecule has 2 atom stereocenters. The molecule has 1 fully saturated rings. The highest BCUT2D eigenvalue weighted by Gasteiger charge is 2.36. The summed E-state index contributed by atoms with van der Waals surface area (Å²) in [6.45, 7) is 2.24. The van der Waals surface area contributed by atoms with Crippen LogP contribution in [0.25, 0.3) is 0 Å². The Kier molecular flexibility index (Phi) is 10.2. The van der Waals surface area contributed by atoms with E-state index < -0.39 is 5.97 Å². The van der Waals surface area contributed by atoms with Crippen molar-refractivity contribution in [1.29, 1.82) is 0 Å². The normalized spacial score (nSPS) is 21.0. The predicted molar refractivity (Wildman–Crippen MR) is 86.5 cm³/mol. The zero-order valence-corrected chi connectivity index (χ0v) is 13.6. The standard InChI is InChI=1S/C18H32O3/c1-2-3-4-10-13-16-17(21-16)14-11-8-6-5-7-9-12-15-18(19)20/h8,11,16-17H,2-7,9-10,12-15H2,1H3,(H,19,20)/b11-8-/t16-,17-/m0/s1. The van der Waals surface area contributed by atoms with Gasteiger partial charge in [-0.15, -0.1) is 0 Å². The summed E-state index contributed by atoms with van der Waals surface area (Å²) in [6, 6.07) is 0. The summed E-state index contributed by atoms with van der Waals surface area (Å²) in [5.74, 6) is -0.677. The number of hydrogen-bond donors (Lipinski definition) is 1. The van der Waals surface area contributed by atoms with Gasteiger partial charge in [0.25, 0.3) is 0 Å². The molecule has 0 aromatic carbocycles. The summed E-state index contributed by atoms with van der Waals surface area (Å²) in [6.07, 6.45) is 18.7. The monoisotopic (exact) mass is 296 g/mol. The van der Waals surface area contributed by atoms with Gasteiger partial charge in [-0.2, -0.15) is 0 Å². The Hall–Kier alpha value is -0.830. The summed E-state index contributed by atoms with van der Waals surface area (Å²) >= 11 is 0. The maximum Gasteiger partial charge on any atom is 0.303 e.